The van der Waals surface area contributed by atoms with E-state index in [9.17, 15) is 9.18 Å². The quantitative estimate of drug-likeness (QED) is 0.829. The predicted octanol–water partition coefficient (Wildman–Crippen LogP) is 2.39. The van der Waals surface area contributed by atoms with Crippen molar-refractivity contribution >= 4 is 5.97 Å². The van der Waals surface area contributed by atoms with Crippen LogP contribution < -0.4 is 0 Å². The second-order valence-corrected chi connectivity index (χ2v) is 3.39. The minimum absolute atomic E-state index is 0.284. The Morgan fingerprint density at radius 2 is 2.35 bits per heavy atom. The molecule has 0 saturated heterocycles. The number of aromatic amines is 1. The number of carbonyl (C=O) groups excluding carboxylic acids is 1. The summed E-state index contributed by atoms with van der Waals surface area (Å²) in [6.07, 6.45) is 1.37. The molecule has 0 aliphatic rings. The summed E-state index contributed by atoms with van der Waals surface area (Å²) in [7, 11) is 0. The minimum atomic E-state index is -0.472. The molecule has 1 heterocycles. The Kier molecular flexibility index (Phi) is 3.18. The highest BCUT2D eigenvalue weighted by molar-refractivity contribution is 5.95. The maximum absolute atomic E-state index is 13.1. The number of nitrogens with zero attached hydrogens (tertiary/aromatic N) is 1. The number of rotatable bonds is 3. The molecule has 5 heteroatoms. The van der Waals surface area contributed by atoms with E-state index in [0.717, 1.165) is 0 Å². The zero-order valence-electron chi connectivity index (χ0n) is 9.24. The number of benzene rings is 1. The largest absolute Gasteiger partial charge is 0.462 e. The summed E-state index contributed by atoms with van der Waals surface area (Å²) < 4.78 is 18.0. The van der Waals surface area contributed by atoms with Crippen LogP contribution in [0.1, 0.15) is 17.3 Å². The predicted molar refractivity (Wildman–Crippen MR) is 59.9 cm³/mol. The van der Waals surface area contributed by atoms with Gasteiger partial charge in [-0.2, -0.15) is 5.10 Å². The van der Waals surface area contributed by atoms with Crippen LogP contribution in [0.5, 0.6) is 0 Å². The van der Waals surface area contributed by atoms with Crippen LogP contribution in [-0.2, 0) is 4.74 Å². The van der Waals surface area contributed by atoms with E-state index in [2.05, 4.69) is 10.2 Å². The molecule has 0 saturated carbocycles. The standard InChI is InChI=1S/C12H11FN2O2/c1-2-17-12(16)10-7-14-15-11(10)8-4-3-5-9(13)6-8/h3-7H,2H2,1H3,(H,14,15). The lowest BCUT2D eigenvalue weighted by atomic mass is 10.1. The summed E-state index contributed by atoms with van der Waals surface area (Å²) in [6, 6.07) is 5.93. The fourth-order valence-electron chi connectivity index (χ4n) is 1.51. The Balaban J connectivity index is 2.40. The SMILES string of the molecule is CCOC(=O)c1cn[nH]c1-c1cccc(F)c1. The highest BCUT2D eigenvalue weighted by atomic mass is 19.1. The third-order valence-corrected chi connectivity index (χ3v) is 2.25. The highest BCUT2D eigenvalue weighted by Crippen LogP contribution is 2.22. The van der Waals surface area contributed by atoms with Crippen molar-refractivity contribution in [2.75, 3.05) is 6.61 Å². The first-order valence-corrected chi connectivity index (χ1v) is 5.18. The molecule has 0 fully saturated rings. The van der Waals surface area contributed by atoms with Gasteiger partial charge in [-0.1, -0.05) is 12.1 Å². The Morgan fingerprint density at radius 1 is 1.53 bits per heavy atom. The normalized spacial score (nSPS) is 10.2. The Bertz CT molecular complexity index is 537. The van der Waals surface area contributed by atoms with Crippen molar-refractivity contribution in [3.05, 3.63) is 41.8 Å². The zero-order chi connectivity index (χ0) is 12.3. The van der Waals surface area contributed by atoms with E-state index in [1.165, 1.54) is 18.3 Å². The molecule has 17 heavy (non-hydrogen) atoms. The number of hydrogen-bond acceptors (Lipinski definition) is 3. The van der Waals surface area contributed by atoms with Crippen LogP contribution in [0.3, 0.4) is 0 Å². The molecule has 0 aliphatic heterocycles. The number of aromatic nitrogens is 2. The van der Waals surface area contributed by atoms with Crippen LogP contribution in [0.2, 0.25) is 0 Å². The number of ether oxygens (including phenoxy) is 1. The van der Waals surface area contributed by atoms with E-state index in [0.29, 0.717) is 16.8 Å². The van der Waals surface area contributed by atoms with Crippen LogP contribution in [-0.4, -0.2) is 22.8 Å². The Hall–Kier alpha value is -2.17. The molecule has 0 aliphatic carbocycles. The van der Waals surface area contributed by atoms with Gasteiger partial charge in [0.15, 0.2) is 0 Å². The fraction of sp³-hybridized carbons (Fsp3) is 0.167. The van der Waals surface area contributed by atoms with Gasteiger partial charge in [0.2, 0.25) is 0 Å². The van der Waals surface area contributed by atoms with Crippen molar-refractivity contribution in [2.45, 2.75) is 6.92 Å². The third kappa shape index (κ3) is 2.33. The van der Waals surface area contributed by atoms with Crippen molar-refractivity contribution in [2.24, 2.45) is 0 Å². The van der Waals surface area contributed by atoms with Gasteiger partial charge in [-0.25, -0.2) is 9.18 Å². The van der Waals surface area contributed by atoms with Crippen LogP contribution >= 0.6 is 0 Å². The molecule has 0 atom stereocenters. The van der Waals surface area contributed by atoms with Crippen molar-refractivity contribution in [1.29, 1.82) is 0 Å². The Labute approximate surface area is 97.4 Å². The Morgan fingerprint density at radius 3 is 3.06 bits per heavy atom. The first kappa shape index (κ1) is 11.3. The number of esters is 1. The lowest BCUT2D eigenvalue weighted by Gasteiger charge is -2.03. The van der Waals surface area contributed by atoms with Gasteiger partial charge in [0, 0.05) is 5.56 Å². The van der Waals surface area contributed by atoms with Crippen molar-refractivity contribution < 1.29 is 13.9 Å². The van der Waals surface area contributed by atoms with Gasteiger partial charge in [-0.3, -0.25) is 5.10 Å². The first-order valence-electron chi connectivity index (χ1n) is 5.18. The van der Waals surface area contributed by atoms with Crippen LogP contribution in [0, 0.1) is 5.82 Å². The van der Waals surface area contributed by atoms with Crippen molar-refractivity contribution in [3.8, 4) is 11.3 Å². The number of halogens is 1. The third-order valence-electron chi connectivity index (χ3n) is 2.25. The van der Waals surface area contributed by atoms with Gasteiger partial charge < -0.3 is 4.74 Å². The first-order chi connectivity index (χ1) is 8.22. The molecule has 1 N–H and O–H groups in total. The summed E-state index contributed by atoms with van der Waals surface area (Å²) >= 11 is 0. The molecular formula is C12H11FN2O2. The molecule has 0 bridgehead atoms. The number of hydrogen-bond donors (Lipinski definition) is 1. The number of H-pyrrole nitrogens is 1. The molecule has 0 unspecified atom stereocenters. The van der Waals surface area contributed by atoms with Crippen molar-refractivity contribution in [1.82, 2.24) is 10.2 Å². The van der Waals surface area contributed by atoms with Gasteiger partial charge >= 0.3 is 5.97 Å². The van der Waals surface area contributed by atoms with E-state index in [1.54, 1.807) is 19.1 Å². The molecule has 0 spiro atoms. The zero-order valence-corrected chi connectivity index (χ0v) is 9.24. The molecule has 1 aromatic heterocycles. The summed E-state index contributed by atoms with van der Waals surface area (Å²) in [5.41, 5.74) is 1.32. The average Bonchev–Trinajstić information content (AvgIpc) is 2.78. The van der Waals surface area contributed by atoms with Crippen molar-refractivity contribution in [3.63, 3.8) is 0 Å². The summed E-state index contributed by atoms with van der Waals surface area (Å²) in [6.45, 7) is 2.01. The lowest BCUT2D eigenvalue weighted by Crippen LogP contribution is -2.04. The number of nitrogens with one attached hydrogen (secondary N) is 1. The van der Waals surface area contributed by atoms with Gasteiger partial charge in [0.05, 0.1) is 18.5 Å². The molecule has 0 radical (unpaired) electrons. The topological polar surface area (TPSA) is 55.0 Å². The average molecular weight is 234 g/mol. The van der Waals surface area contributed by atoms with Crippen LogP contribution in [0.25, 0.3) is 11.3 Å². The van der Waals surface area contributed by atoms with Gasteiger partial charge in [-0.05, 0) is 19.1 Å². The smallest absolute Gasteiger partial charge is 0.341 e. The van der Waals surface area contributed by atoms with E-state index in [-0.39, 0.29) is 12.4 Å². The van der Waals surface area contributed by atoms with Gasteiger partial charge in [0.1, 0.15) is 11.4 Å². The molecule has 2 aromatic rings. The maximum atomic E-state index is 13.1. The molecule has 0 amide bonds. The van der Waals surface area contributed by atoms with Crippen LogP contribution in [0.15, 0.2) is 30.5 Å². The number of carbonyl (C=O) groups is 1. The summed E-state index contributed by atoms with van der Waals surface area (Å²) in [4.78, 5) is 11.6. The monoisotopic (exact) mass is 234 g/mol. The fourth-order valence-corrected chi connectivity index (χ4v) is 1.51. The van der Waals surface area contributed by atoms with E-state index >= 15 is 0 Å². The molecule has 4 nitrogen and oxygen atoms in total. The minimum Gasteiger partial charge on any atom is -0.462 e. The molecule has 88 valence electrons. The summed E-state index contributed by atoms with van der Waals surface area (Å²) in [5.74, 6) is -0.840. The van der Waals surface area contributed by atoms with E-state index < -0.39 is 5.97 Å². The van der Waals surface area contributed by atoms with E-state index in [4.69, 9.17) is 4.74 Å². The van der Waals surface area contributed by atoms with Crippen LogP contribution in [0.4, 0.5) is 4.39 Å². The lowest BCUT2D eigenvalue weighted by molar-refractivity contribution is 0.0527. The molecule has 1 aromatic carbocycles. The maximum Gasteiger partial charge on any atom is 0.341 e. The second-order valence-electron chi connectivity index (χ2n) is 3.39. The van der Waals surface area contributed by atoms with E-state index in [1.807, 2.05) is 0 Å². The van der Waals surface area contributed by atoms with Gasteiger partial charge in [0.25, 0.3) is 0 Å². The van der Waals surface area contributed by atoms with Gasteiger partial charge in [-0.15, -0.1) is 0 Å². The molecular weight excluding hydrogens is 223 g/mol. The second kappa shape index (κ2) is 4.78. The summed E-state index contributed by atoms with van der Waals surface area (Å²) in [5, 5.41) is 6.45. The molecule has 2 rings (SSSR count). The highest BCUT2D eigenvalue weighted by Gasteiger charge is 2.16.